The maximum atomic E-state index is 11.6. The molecule has 0 aliphatic carbocycles. The lowest BCUT2D eigenvalue weighted by Gasteiger charge is -2.42. The van der Waals surface area contributed by atoms with Crippen molar-refractivity contribution < 1.29 is 9.59 Å². The summed E-state index contributed by atoms with van der Waals surface area (Å²) in [6, 6.07) is 4.13. The van der Waals surface area contributed by atoms with Crippen molar-refractivity contribution in [1.82, 2.24) is 10.3 Å². The fraction of sp³-hybridized carbons (Fsp3) is 0.562. The summed E-state index contributed by atoms with van der Waals surface area (Å²) in [4.78, 5) is 29.6. The van der Waals surface area contributed by atoms with Gasteiger partial charge >= 0.3 is 0 Å². The SMILES string of the molecule is CCC(=O)c1ccc(N2CCC3NC(=O)CCC3C2)cn1. The summed E-state index contributed by atoms with van der Waals surface area (Å²) >= 11 is 0. The summed E-state index contributed by atoms with van der Waals surface area (Å²) in [5.74, 6) is 0.789. The molecule has 0 bridgehead atoms. The number of rotatable bonds is 3. The van der Waals surface area contributed by atoms with Gasteiger partial charge in [-0.2, -0.15) is 0 Å². The number of piperidine rings is 2. The second-order valence-electron chi connectivity index (χ2n) is 5.89. The molecule has 2 fully saturated rings. The van der Waals surface area contributed by atoms with Crippen LogP contribution in [0.25, 0.3) is 0 Å². The molecule has 1 aromatic rings. The Hall–Kier alpha value is -1.91. The topological polar surface area (TPSA) is 62.3 Å². The normalized spacial score (nSPS) is 25.2. The molecular formula is C16H21N3O2. The number of carbonyl (C=O) groups excluding carboxylic acids is 2. The number of anilines is 1. The van der Waals surface area contributed by atoms with E-state index in [1.807, 2.05) is 19.1 Å². The van der Waals surface area contributed by atoms with Crippen LogP contribution in [0, 0.1) is 5.92 Å². The maximum absolute atomic E-state index is 11.6. The zero-order valence-electron chi connectivity index (χ0n) is 12.3. The third-order valence-corrected chi connectivity index (χ3v) is 4.54. The average Bonchev–Trinajstić information content (AvgIpc) is 2.53. The second kappa shape index (κ2) is 5.84. The van der Waals surface area contributed by atoms with E-state index in [0.29, 0.717) is 30.5 Å². The van der Waals surface area contributed by atoms with E-state index >= 15 is 0 Å². The quantitative estimate of drug-likeness (QED) is 0.861. The lowest BCUT2D eigenvalue weighted by Crippen LogP contribution is -2.54. The summed E-state index contributed by atoms with van der Waals surface area (Å²) in [6.07, 6.45) is 4.86. The molecule has 0 saturated carbocycles. The Labute approximate surface area is 124 Å². The molecule has 1 aromatic heterocycles. The molecule has 1 amide bonds. The molecule has 1 N–H and O–H groups in total. The molecule has 0 spiro atoms. The number of ketones is 1. The molecule has 2 saturated heterocycles. The number of amides is 1. The van der Waals surface area contributed by atoms with Crippen molar-refractivity contribution >= 4 is 17.4 Å². The van der Waals surface area contributed by atoms with Gasteiger partial charge in [-0.1, -0.05) is 6.92 Å². The minimum absolute atomic E-state index is 0.0789. The van der Waals surface area contributed by atoms with Crippen LogP contribution < -0.4 is 10.2 Å². The lowest BCUT2D eigenvalue weighted by atomic mass is 9.85. The number of fused-ring (bicyclic) bond motifs is 1. The van der Waals surface area contributed by atoms with Crippen LogP contribution in [0.3, 0.4) is 0 Å². The first-order valence-corrected chi connectivity index (χ1v) is 7.71. The van der Waals surface area contributed by atoms with E-state index in [1.165, 1.54) is 0 Å². The third-order valence-electron chi connectivity index (χ3n) is 4.54. The van der Waals surface area contributed by atoms with E-state index < -0.39 is 0 Å². The number of pyridine rings is 1. The molecule has 2 atom stereocenters. The predicted octanol–water partition coefficient (Wildman–Crippen LogP) is 1.78. The van der Waals surface area contributed by atoms with Gasteiger partial charge in [0.05, 0.1) is 11.9 Å². The Morgan fingerprint density at radius 3 is 3.00 bits per heavy atom. The Morgan fingerprint density at radius 1 is 1.43 bits per heavy atom. The summed E-state index contributed by atoms with van der Waals surface area (Å²) in [7, 11) is 0. The van der Waals surface area contributed by atoms with Gasteiger partial charge in [0, 0.05) is 32.0 Å². The Morgan fingerprint density at radius 2 is 2.29 bits per heavy atom. The maximum Gasteiger partial charge on any atom is 0.220 e. The standard InChI is InChI=1S/C16H21N3O2/c1-2-15(20)14-5-4-12(9-17-14)19-8-7-13-11(10-19)3-6-16(21)18-13/h4-5,9,11,13H,2-3,6-8,10H2,1H3,(H,18,21). The molecule has 5 heteroatoms. The molecular weight excluding hydrogens is 266 g/mol. The highest BCUT2D eigenvalue weighted by atomic mass is 16.1. The third kappa shape index (κ3) is 2.91. The molecule has 5 nitrogen and oxygen atoms in total. The van der Waals surface area contributed by atoms with Gasteiger partial charge in [-0.15, -0.1) is 0 Å². The first-order valence-electron chi connectivity index (χ1n) is 7.71. The van der Waals surface area contributed by atoms with Crippen molar-refractivity contribution in [1.29, 1.82) is 0 Å². The molecule has 3 heterocycles. The van der Waals surface area contributed by atoms with E-state index in [0.717, 1.165) is 31.6 Å². The van der Waals surface area contributed by atoms with E-state index in [1.54, 1.807) is 6.20 Å². The van der Waals surface area contributed by atoms with Crippen molar-refractivity contribution in [2.45, 2.75) is 38.6 Å². The van der Waals surface area contributed by atoms with Gasteiger partial charge in [-0.3, -0.25) is 14.6 Å². The number of Topliss-reactive ketones (excluding diaryl/α,β-unsaturated/α-hetero) is 1. The average molecular weight is 287 g/mol. The van der Waals surface area contributed by atoms with Crippen molar-refractivity contribution in [3.63, 3.8) is 0 Å². The van der Waals surface area contributed by atoms with Gasteiger partial charge in [-0.25, -0.2) is 0 Å². The minimum atomic E-state index is 0.0789. The van der Waals surface area contributed by atoms with Crippen LogP contribution in [-0.2, 0) is 4.79 Å². The fourth-order valence-corrected chi connectivity index (χ4v) is 3.26. The van der Waals surface area contributed by atoms with E-state index in [-0.39, 0.29) is 11.7 Å². The summed E-state index contributed by atoms with van der Waals surface area (Å²) in [6.45, 7) is 3.72. The van der Waals surface area contributed by atoms with Crippen LogP contribution in [-0.4, -0.2) is 35.8 Å². The molecule has 2 aliphatic heterocycles. The van der Waals surface area contributed by atoms with Crippen LogP contribution in [0.15, 0.2) is 18.3 Å². The molecule has 2 unspecified atom stereocenters. The van der Waals surface area contributed by atoms with Crippen LogP contribution >= 0.6 is 0 Å². The zero-order chi connectivity index (χ0) is 14.8. The highest BCUT2D eigenvalue weighted by Crippen LogP contribution is 2.28. The number of aromatic nitrogens is 1. The second-order valence-corrected chi connectivity index (χ2v) is 5.89. The molecule has 21 heavy (non-hydrogen) atoms. The van der Waals surface area contributed by atoms with E-state index in [4.69, 9.17) is 0 Å². The monoisotopic (exact) mass is 287 g/mol. The largest absolute Gasteiger partial charge is 0.370 e. The molecule has 112 valence electrons. The van der Waals surface area contributed by atoms with Crippen molar-refractivity contribution in [3.05, 3.63) is 24.0 Å². The number of hydrogen-bond acceptors (Lipinski definition) is 4. The fourth-order valence-electron chi connectivity index (χ4n) is 3.26. The first-order chi connectivity index (χ1) is 10.2. The molecule has 0 aromatic carbocycles. The Bertz CT molecular complexity index is 541. The lowest BCUT2D eigenvalue weighted by molar-refractivity contribution is -0.124. The molecule has 2 aliphatic rings. The minimum Gasteiger partial charge on any atom is -0.370 e. The van der Waals surface area contributed by atoms with Gasteiger partial charge < -0.3 is 10.2 Å². The van der Waals surface area contributed by atoms with Gasteiger partial charge in [-0.05, 0) is 30.9 Å². The zero-order valence-corrected chi connectivity index (χ0v) is 12.3. The Kier molecular flexibility index (Phi) is 3.90. The van der Waals surface area contributed by atoms with Crippen molar-refractivity contribution in [3.8, 4) is 0 Å². The van der Waals surface area contributed by atoms with Crippen LogP contribution in [0.1, 0.15) is 43.1 Å². The summed E-state index contributed by atoms with van der Waals surface area (Å²) in [5, 5.41) is 3.10. The van der Waals surface area contributed by atoms with Crippen LogP contribution in [0.4, 0.5) is 5.69 Å². The van der Waals surface area contributed by atoms with E-state index in [9.17, 15) is 9.59 Å². The smallest absolute Gasteiger partial charge is 0.220 e. The number of nitrogens with zero attached hydrogens (tertiary/aromatic N) is 2. The predicted molar refractivity (Wildman–Crippen MR) is 80.3 cm³/mol. The van der Waals surface area contributed by atoms with Gasteiger partial charge in [0.25, 0.3) is 0 Å². The molecule has 3 rings (SSSR count). The van der Waals surface area contributed by atoms with Gasteiger partial charge in [0.15, 0.2) is 5.78 Å². The van der Waals surface area contributed by atoms with Crippen molar-refractivity contribution in [2.24, 2.45) is 5.92 Å². The van der Waals surface area contributed by atoms with Gasteiger partial charge in [0.2, 0.25) is 5.91 Å². The van der Waals surface area contributed by atoms with Crippen LogP contribution in [0.5, 0.6) is 0 Å². The highest BCUT2D eigenvalue weighted by molar-refractivity contribution is 5.94. The first kappa shape index (κ1) is 14.0. The van der Waals surface area contributed by atoms with Crippen LogP contribution in [0.2, 0.25) is 0 Å². The van der Waals surface area contributed by atoms with E-state index in [2.05, 4.69) is 15.2 Å². The summed E-state index contributed by atoms with van der Waals surface area (Å²) < 4.78 is 0. The number of carbonyl (C=O) groups is 2. The highest BCUT2D eigenvalue weighted by Gasteiger charge is 2.33. The molecule has 0 radical (unpaired) electrons. The number of hydrogen-bond donors (Lipinski definition) is 1. The summed E-state index contributed by atoms with van der Waals surface area (Å²) in [5.41, 5.74) is 1.61. The number of nitrogens with one attached hydrogen (secondary N) is 1. The Balaban J connectivity index is 1.68. The van der Waals surface area contributed by atoms with Gasteiger partial charge in [0.1, 0.15) is 5.69 Å². The van der Waals surface area contributed by atoms with Crippen molar-refractivity contribution in [2.75, 3.05) is 18.0 Å².